The molecule has 0 aliphatic rings. The third-order valence-corrected chi connectivity index (χ3v) is 3.21. The Bertz CT molecular complexity index is 566. The van der Waals surface area contributed by atoms with Crippen molar-refractivity contribution in [1.29, 1.82) is 0 Å². The van der Waals surface area contributed by atoms with Crippen LogP contribution in [0.25, 0.3) is 0 Å². The number of alkyl halides is 3. The van der Waals surface area contributed by atoms with E-state index >= 15 is 0 Å². The zero-order valence-electron chi connectivity index (χ0n) is 10.2. The standard InChI is InChI=1S/C14H11F4NS/c15-11-3-1-2-10(8-11)9-19-12-4-6-13(7-5-12)20-14(16,17)18/h1-8,19H,9H2. The van der Waals surface area contributed by atoms with Gasteiger partial charge in [0.1, 0.15) is 5.82 Å². The van der Waals surface area contributed by atoms with Gasteiger partial charge in [-0.15, -0.1) is 0 Å². The molecule has 1 N–H and O–H groups in total. The van der Waals surface area contributed by atoms with Crippen LogP contribution in [0.1, 0.15) is 5.56 Å². The molecule has 106 valence electrons. The second-order valence-corrected chi connectivity index (χ2v) is 5.19. The first-order valence-corrected chi connectivity index (χ1v) is 6.58. The van der Waals surface area contributed by atoms with Crippen LogP contribution < -0.4 is 5.32 Å². The number of hydrogen-bond donors (Lipinski definition) is 1. The predicted molar refractivity (Wildman–Crippen MR) is 72.1 cm³/mol. The number of nitrogens with one attached hydrogen (secondary N) is 1. The van der Waals surface area contributed by atoms with Crippen LogP contribution in [0.2, 0.25) is 0 Å². The average molecular weight is 301 g/mol. The van der Waals surface area contributed by atoms with Gasteiger partial charge in [0.25, 0.3) is 0 Å². The van der Waals surface area contributed by atoms with Gasteiger partial charge in [-0.2, -0.15) is 13.2 Å². The fraction of sp³-hybridized carbons (Fsp3) is 0.143. The molecule has 0 radical (unpaired) electrons. The summed E-state index contributed by atoms with van der Waals surface area (Å²) in [5, 5.41) is 3.02. The Labute approximate surface area is 118 Å². The van der Waals surface area contributed by atoms with Crippen LogP contribution in [-0.2, 0) is 6.54 Å². The van der Waals surface area contributed by atoms with E-state index in [-0.39, 0.29) is 22.5 Å². The topological polar surface area (TPSA) is 12.0 Å². The van der Waals surface area contributed by atoms with Crippen molar-refractivity contribution in [3.05, 3.63) is 59.9 Å². The highest BCUT2D eigenvalue weighted by Gasteiger charge is 2.28. The van der Waals surface area contributed by atoms with Gasteiger partial charge >= 0.3 is 5.51 Å². The largest absolute Gasteiger partial charge is 0.446 e. The van der Waals surface area contributed by atoms with E-state index in [1.807, 2.05) is 0 Å². The molecule has 0 aliphatic carbocycles. The molecular weight excluding hydrogens is 290 g/mol. The van der Waals surface area contributed by atoms with Crippen LogP contribution in [0.15, 0.2) is 53.4 Å². The summed E-state index contributed by atoms with van der Waals surface area (Å²) in [7, 11) is 0. The van der Waals surface area contributed by atoms with E-state index in [0.717, 1.165) is 5.56 Å². The van der Waals surface area contributed by atoms with Gasteiger partial charge in [0.15, 0.2) is 0 Å². The molecule has 1 nitrogen and oxygen atoms in total. The zero-order valence-corrected chi connectivity index (χ0v) is 11.1. The quantitative estimate of drug-likeness (QED) is 0.626. The van der Waals surface area contributed by atoms with Crippen LogP contribution in [0.5, 0.6) is 0 Å². The second kappa shape index (κ2) is 6.17. The van der Waals surface area contributed by atoms with Gasteiger partial charge in [-0.1, -0.05) is 12.1 Å². The van der Waals surface area contributed by atoms with E-state index in [1.54, 1.807) is 24.3 Å². The van der Waals surface area contributed by atoms with Crippen molar-refractivity contribution >= 4 is 17.4 Å². The van der Waals surface area contributed by atoms with Gasteiger partial charge in [0.2, 0.25) is 0 Å². The molecule has 0 saturated carbocycles. The van der Waals surface area contributed by atoms with Crippen molar-refractivity contribution in [2.45, 2.75) is 16.9 Å². The van der Waals surface area contributed by atoms with Crippen LogP contribution in [0.3, 0.4) is 0 Å². The molecule has 2 aromatic rings. The molecule has 0 fully saturated rings. The van der Waals surface area contributed by atoms with Crippen LogP contribution >= 0.6 is 11.8 Å². The Kier molecular flexibility index (Phi) is 4.54. The molecule has 0 spiro atoms. The minimum Gasteiger partial charge on any atom is -0.381 e. The minimum atomic E-state index is -4.28. The number of hydrogen-bond acceptors (Lipinski definition) is 2. The lowest BCUT2D eigenvalue weighted by Crippen LogP contribution is -2.01. The first-order valence-electron chi connectivity index (χ1n) is 5.76. The maximum atomic E-state index is 13.0. The van der Waals surface area contributed by atoms with Crippen molar-refractivity contribution in [2.75, 3.05) is 5.32 Å². The maximum absolute atomic E-state index is 13.0. The molecule has 2 aromatic carbocycles. The number of rotatable bonds is 4. The van der Waals surface area contributed by atoms with Gasteiger partial charge in [-0.05, 0) is 53.7 Å². The SMILES string of the molecule is Fc1cccc(CNc2ccc(SC(F)(F)F)cc2)c1. The number of anilines is 1. The minimum absolute atomic E-state index is 0.133. The summed E-state index contributed by atoms with van der Waals surface area (Å²) in [6.07, 6.45) is 0. The highest BCUT2D eigenvalue weighted by Crippen LogP contribution is 2.37. The first kappa shape index (κ1) is 14.7. The summed E-state index contributed by atoms with van der Waals surface area (Å²) in [5.41, 5.74) is -2.84. The summed E-state index contributed by atoms with van der Waals surface area (Å²) in [6, 6.07) is 12.0. The van der Waals surface area contributed by atoms with Crippen LogP contribution in [-0.4, -0.2) is 5.51 Å². The Hall–Kier alpha value is -1.69. The molecule has 20 heavy (non-hydrogen) atoms. The molecule has 0 atom stereocenters. The van der Waals surface area contributed by atoms with Crippen molar-refractivity contribution < 1.29 is 17.6 Å². The van der Waals surface area contributed by atoms with E-state index in [4.69, 9.17) is 0 Å². The van der Waals surface area contributed by atoms with E-state index < -0.39 is 5.51 Å². The fourth-order valence-corrected chi connectivity index (χ4v) is 2.16. The molecule has 0 unspecified atom stereocenters. The Morgan fingerprint density at radius 2 is 1.70 bits per heavy atom. The highest BCUT2D eigenvalue weighted by molar-refractivity contribution is 8.00. The maximum Gasteiger partial charge on any atom is 0.446 e. The van der Waals surface area contributed by atoms with Gasteiger partial charge in [0.05, 0.1) is 0 Å². The molecule has 6 heteroatoms. The lowest BCUT2D eigenvalue weighted by Gasteiger charge is -2.09. The lowest BCUT2D eigenvalue weighted by atomic mass is 10.2. The Balaban J connectivity index is 1.94. The number of benzene rings is 2. The Morgan fingerprint density at radius 3 is 2.30 bits per heavy atom. The lowest BCUT2D eigenvalue weighted by molar-refractivity contribution is -0.0328. The number of halogens is 4. The molecule has 2 rings (SSSR count). The average Bonchev–Trinajstić information content (AvgIpc) is 2.36. The van der Waals surface area contributed by atoms with Gasteiger partial charge in [-0.3, -0.25) is 0 Å². The molecule has 0 amide bonds. The van der Waals surface area contributed by atoms with Crippen molar-refractivity contribution in [3.63, 3.8) is 0 Å². The van der Waals surface area contributed by atoms with Gasteiger partial charge < -0.3 is 5.32 Å². The summed E-state index contributed by atoms with van der Waals surface area (Å²) < 4.78 is 49.4. The van der Waals surface area contributed by atoms with E-state index in [0.29, 0.717) is 12.2 Å². The monoisotopic (exact) mass is 301 g/mol. The third kappa shape index (κ3) is 4.77. The smallest absolute Gasteiger partial charge is 0.381 e. The van der Waals surface area contributed by atoms with E-state index in [1.165, 1.54) is 24.3 Å². The molecule has 0 aliphatic heterocycles. The predicted octanol–water partition coefficient (Wildman–Crippen LogP) is 5.05. The molecule has 0 aromatic heterocycles. The van der Waals surface area contributed by atoms with Crippen LogP contribution in [0, 0.1) is 5.82 Å². The highest BCUT2D eigenvalue weighted by atomic mass is 32.2. The van der Waals surface area contributed by atoms with Crippen molar-refractivity contribution in [2.24, 2.45) is 0 Å². The normalized spacial score (nSPS) is 11.4. The van der Waals surface area contributed by atoms with Crippen LogP contribution in [0.4, 0.5) is 23.2 Å². The molecule has 0 heterocycles. The Morgan fingerprint density at radius 1 is 1.00 bits per heavy atom. The zero-order chi connectivity index (χ0) is 14.6. The van der Waals surface area contributed by atoms with Crippen molar-refractivity contribution in [3.8, 4) is 0 Å². The van der Waals surface area contributed by atoms with E-state index in [9.17, 15) is 17.6 Å². The third-order valence-electron chi connectivity index (χ3n) is 2.47. The summed E-state index contributed by atoms with van der Waals surface area (Å²) in [5.74, 6) is -0.318. The first-order chi connectivity index (χ1) is 9.42. The fourth-order valence-electron chi connectivity index (χ4n) is 1.63. The summed E-state index contributed by atoms with van der Waals surface area (Å²) in [4.78, 5) is 0.133. The van der Waals surface area contributed by atoms with Crippen molar-refractivity contribution in [1.82, 2.24) is 0 Å². The molecular formula is C14H11F4NS. The molecule has 0 saturated heterocycles. The second-order valence-electron chi connectivity index (χ2n) is 4.06. The van der Waals surface area contributed by atoms with Gasteiger partial charge in [0, 0.05) is 17.1 Å². The van der Waals surface area contributed by atoms with Gasteiger partial charge in [-0.25, -0.2) is 4.39 Å². The summed E-state index contributed by atoms with van der Waals surface area (Å²) in [6.45, 7) is 0.406. The summed E-state index contributed by atoms with van der Waals surface area (Å²) >= 11 is -0.151. The number of thioether (sulfide) groups is 1. The van der Waals surface area contributed by atoms with E-state index in [2.05, 4.69) is 5.32 Å². The molecule has 0 bridgehead atoms.